The van der Waals surface area contributed by atoms with Gasteiger partial charge in [0.25, 0.3) is 0 Å². The lowest BCUT2D eigenvalue weighted by molar-refractivity contribution is -0.137. The molecule has 1 unspecified atom stereocenters. The number of carboxylic acid groups (broad SMARTS) is 1. The molecule has 1 rings (SSSR count). The molecule has 0 radical (unpaired) electrons. The maximum absolute atomic E-state index is 10.4. The predicted octanol–water partition coefficient (Wildman–Crippen LogP) is 1.48. The zero-order chi connectivity index (χ0) is 14.5. The molecule has 0 spiro atoms. The van der Waals surface area contributed by atoms with Gasteiger partial charge < -0.3 is 10.2 Å². The molecule has 0 amide bonds. The van der Waals surface area contributed by atoms with Gasteiger partial charge in [-0.15, -0.1) is 5.10 Å². The fourth-order valence-electron chi connectivity index (χ4n) is 1.62. The Kier molecular flexibility index (Phi) is 5.47. The summed E-state index contributed by atoms with van der Waals surface area (Å²) in [5, 5.41) is 26.7. The molecule has 0 aliphatic heterocycles. The van der Waals surface area contributed by atoms with Gasteiger partial charge in [0.1, 0.15) is 0 Å². The highest BCUT2D eigenvalue weighted by Crippen LogP contribution is 2.18. The smallest absolute Gasteiger partial charge is 0.303 e. The zero-order valence-electron chi connectivity index (χ0n) is 11.8. The Morgan fingerprint density at radius 1 is 1.47 bits per heavy atom. The summed E-state index contributed by atoms with van der Waals surface area (Å²) < 4.78 is 1.65. The standard InChI is InChI=1S/C13H23N3O3/c1-10(2)13(3,19)9-16-8-11(14-15-16)6-4-5-7-12(17)18/h8,10,19H,4-7,9H2,1-3H3,(H,17,18). The van der Waals surface area contributed by atoms with Gasteiger partial charge >= 0.3 is 5.97 Å². The molecule has 0 fully saturated rings. The zero-order valence-corrected chi connectivity index (χ0v) is 11.8. The van der Waals surface area contributed by atoms with Crippen LogP contribution in [0, 0.1) is 5.92 Å². The third kappa shape index (κ3) is 5.38. The Morgan fingerprint density at radius 2 is 2.16 bits per heavy atom. The minimum Gasteiger partial charge on any atom is -0.481 e. The van der Waals surface area contributed by atoms with E-state index in [2.05, 4.69) is 10.3 Å². The van der Waals surface area contributed by atoms with Crippen LogP contribution >= 0.6 is 0 Å². The lowest BCUT2D eigenvalue weighted by atomic mass is 9.93. The number of aromatic nitrogens is 3. The summed E-state index contributed by atoms with van der Waals surface area (Å²) in [6.45, 7) is 6.12. The number of aliphatic carboxylic acids is 1. The summed E-state index contributed by atoms with van der Waals surface area (Å²) in [6.07, 6.45) is 4.16. The molecule has 0 aliphatic carbocycles. The van der Waals surface area contributed by atoms with Crippen molar-refractivity contribution in [3.05, 3.63) is 11.9 Å². The average Bonchev–Trinajstić information content (AvgIpc) is 2.71. The van der Waals surface area contributed by atoms with E-state index in [9.17, 15) is 9.90 Å². The predicted molar refractivity (Wildman–Crippen MR) is 70.7 cm³/mol. The normalized spacial score (nSPS) is 14.6. The molecule has 0 aliphatic rings. The van der Waals surface area contributed by atoms with Gasteiger partial charge in [-0.2, -0.15) is 0 Å². The van der Waals surface area contributed by atoms with Crippen molar-refractivity contribution in [3.8, 4) is 0 Å². The first-order valence-corrected chi connectivity index (χ1v) is 6.64. The van der Waals surface area contributed by atoms with E-state index in [1.165, 1.54) is 0 Å². The maximum atomic E-state index is 10.4. The Hall–Kier alpha value is -1.43. The van der Waals surface area contributed by atoms with E-state index in [-0.39, 0.29) is 12.3 Å². The number of unbranched alkanes of at least 4 members (excludes halogenated alkanes) is 1. The summed E-state index contributed by atoms with van der Waals surface area (Å²) >= 11 is 0. The van der Waals surface area contributed by atoms with E-state index >= 15 is 0 Å². The molecule has 1 heterocycles. The van der Waals surface area contributed by atoms with Gasteiger partial charge in [-0.1, -0.05) is 19.1 Å². The topological polar surface area (TPSA) is 88.2 Å². The quantitative estimate of drug-likeness (QED) is 0.698. The number of nitrogens with zero attached hydrogens (tertiary/aromatic N) is 3. The number of carboxylic acids is 1. The van der Waals surface area contributed by atoms with Crippen LogP contribution < -0.4 is 0 Å². The van der Waals surface area contributed by atoms with Gasteiger partial charge in [-0.05, 0) is 32.1 Å². The number of rotatable bonds is 8. The second-order valence-corrected chi connectivity index (χ2v) is 5.52. The van der Waals surface area contributed by atoms with Crippen LogP contribution in [0.4, 0.5) is 0 Å². The molecule has 6 heteroatoms. The third-order valence-corrected chi connectivity index (χ3v) is 3.39. The van der Waals surface area contributed by atoms with Crippen LogP contribution in [-0.4, -0.2) is 36.8 Å². The first-order chi connectivity index (χ1) is 8.81. The first kappa shape index (κ1) is 15.6. The molecular weight excluding hydrogens is 246 g/mol. The van der Waals surface area contributed by atoms with E-state index in [4.69, 9.17) is 5.11 Å². The van der Waals surface area contributed by atoms with Crippen molar-refractivity contribution < 1.29 is 15.0 Å². The second-order valence-electron chi connectivity index (χ2n) is 5.52. The van der Waals surface area contributed by atoms with E-state index in [1.807, 2.05) is 20.0 Å². The van der Waals surface area contributed by atoms with Crippen molar-refractivity contribution in [2.24, 2.45) is 5.92 Å². The Balaban J connectivity index is 2.42. The lowest BCUT2D eigenvalue weighted by Gasteiger charge is -2.26. The van der Waals surface area contributed by atoms with Crippen molar-refractivity contribution >= 4 is 5.97 Å². The van der Waals surface area contributed by atoms with Crippen LogP contribution in [0.2, 0.25) is 0 Å². The number of carbonyl (C=O) groups is 1. The molecule has 2 N–H and O–H groups in total. The second kappa shape index (κ2) is 6.65. The molecule has 1 aromatic heterocycles. The SMILES string of the molecule is CC(C)C(C)(O)Cn1cc(CCCCC(=O)O)nn1. The van der Waals surface area contributed by atoms with Crippen LogP contribution in [0.3, 0.4) is 0 Å². The molecule has 1 atom stereocenters. The van der Waals surface area contributed by atoms with Crippen molar-refractivity contribution in [2.45, 2.75) is 58.6 Å². The molecule has 0 saturated carbocycles. The van der Waals surface area contributed by atoms with Crippen LogP contribution in [0.5, 0.6) is 0 Å². The van der Waals surface area contributed by atoms with Crippen LogP contribution in [-0.2, 0) is 17.8 Å². The average molecular weight is 269 g/mol. The molecule has 6 nitrogen and oxygen atoms in total. The number of hydrogen-bond donors (Lipinski definition) is 2. The van der Waals surface area contributed by atoms with Gasteiger partial charge in [0.05, 0.1) is 17.8 Å². The number of hydrogen-bond acceptors (Lipinski definition) is 4. The third-order valence-electron chi connectivity index (χ3n) is 3.39. The highest BCUT2D eigenvalue weighted by molar-refractivity contribution is 5.66. The highest BCUT2D eigenvalue weighted by Gasteiger charge is 2.25. The van der Waals surface area contributed by atoms with E-state index in [1.54, 1.807) is 11.6 Å². The molecule has 0 aromatic carbocycles. The summed E-state index contributed by atoms with van der Waals surface area (Å²) in [7, 11) is 0. The minimum absolute atomic E-state index is 0.135. The van der Waals surface area contributed by atoms with Gasteiger partial charge in [-0.3, -0.25) is 4.79 Å². The van der Waals surface area contributed by atoms with Crippen molar-refractivity contribution in [1.82, 2.24) is 15.0 Å². The number of aliphatic hydroxyl groups is 1. The molecule has 1 aromatic rings. The maximum Gasteiger partial charge on any atom is 0.303 e. The summed E-state index contributed by atoms with van der Waals surface area (Å²) in [6, 6.07) is 0. The Labute approximate surface area is 113 Å². The van der Waals surface area contributed by atoms with Crippen LogP contribution in [0.1, 0.15) is 45.7 Å². The monoisotopic (exact) mass is 269 g/mol. The summed E-state index contributed by atoms with van der Waals surface area (Å²) in [5.74, 6) is -0.632. The first-order valence-electron chi connectivity index (χ1n) is 6.64. The van der Waals surface area contributed by atoms with E-state index in [0.717, 1.165) is 18.5 Å². The minimum atomic E-state index is -0.811. The largest absolute Gasteiger partial charge is 0.481 e. The van der Waals surface area contributed by atoms with Crippen LogP contribution in [0.25, 0.3) is 0 Å². The highest BCUT2D eigenvalue weighted by atomic mass is 16.4. The van der Waals surface area contributed by atoms with Crippen molar-refractivity contribution in [2.75, 3.05) is 0 Å². The molecule has 108 valence electrons. The van der Waals surface area contributed by atoms with Gasteiger partial charge in [-0.25, -0.2) is 4.68 Å². The molecule has 0 saturated heterocycles. The van der Waals surface area contributed by atoms with E-state index < -0.39 is 11.6 Å². The summed E-state index contributed by atoms with van der Waals surface area (Å²) in [4.78, 5) is 10.4. The molecule has 19 heavy (non-hydrogen) atoms. The fourth-order valence-corrected chi connectivity index (χ4v) is 1.62. The molecule has 0 bridgehead atoms. The van der Waals surface area contributed by atoms with Gasteiger partial charge in [0.15, 0.2) is 0 Å². The van der Waals surface area contributed by atoms with Crippen LogP contribution in [0.15, 0.2) is 6.20 Å². The van der Waals surface area contributed by atoms with Crippen molar-refractivity contribution in [3.63, 3.8) is 0 Å². The van der Waals surface area contributed by atoms with Crippen molar-refractivity contribution in [1.29, 1.82) is 0 Å². The Morgan fingerprint density at radius 3 is 2.74 bits per heavy atom. The summed E-state index contributed by atoms with van der Waals surface area (Å²) in [5.41, 5.74) is 0.0267. The Bertz CT molecular complexity index is 413. The molecular formula is C13H23N3O3. The van der Waals surface area contributed by atoms with Gasteiger partial charge in [0, 0.05) is 12.6 Å². The number of aryl methyl sites for hydroxylation is 1. The fraction of sp³-hybridized carbons (Fsp3) is 0.769. The van der Waals surface area contributed by atoms with E-state index in [0.29, 0.717) is 13.0 Å². The lowest BCUT2D eigenvalue weighted by Crippen LogP contribution is -2.36. The van der Waals surface area contributed by atoms with Gasteiger partial charge in [0.2, 0.25) is 0 Å².